The predicted octanol–water partition coefficient (Wildman–Crippen LogP) is 1.43. The summed E-state index contributed by atoms with van der Waals surface area (Å²) < 4.78 is 0. The second-order valence-electron chi connectivity index (χ2n) is 4.30. The molecule has 2 amide bonds. The van der Waals surface area contributed by atoms with Gasteiger partial charge >= 0.3 is 6.03 Å². The van der Waals surface area contributed by atoms with Crippen LogP contribution in [0.1, 0.15) is 19.4 Å². The molecule has 1 rings (SSSR count). The number of hydrogen-bond donors (Lipinski definition) is 3. The average Bonchev–Trinajstić information content (AvgIpc) is 2.38. The van der Waals surface area contributed by atoms with Crippen LogP contribution >= 0.6 is 0 Å². The molecule has 0 spiro atoms. The lowest BCUT2D eigenvalue weighted by Gasteiger charge is -2.19. The summed E-state index contributed by atoms with van der Waals surface area (Å²) in [5.41, 5.74) is 3.29. The van der Waals surface area contributed by atoms with Crippen molar-refractivity contribution >= 4 is 6.03 Å². The van der Waals surface area contributed by atoms with E-state index in [9.17, 15) is 4.79 Å². The van der Waals surface area contributed by atoms with Crippen molar-refractivity contribution in [3.63, 3.8) is 0 Å². The van der Waals surface area contributed by atoms with Crippen LogP contribution in [0.15, 0.2) is 30.3 Å². The van der Waals surface area contributed by atoms with E-state index in [1.807, 2.05) is 44.2 Å². The topological polar surface area (TPSA) is 70.6 Å². The number of aliphatic hydroxyl groups is 1. The van der Waals surface area contributed by atoms with Crippen molar-refractivity contribution in [1.82, 2.24) is 10.8 Å². The first-order valence-electron chi connectivity index (χ1n) is 5.96. The first-order chi connectivity index (χ1) is 8.63. The van der Waals surface area contributed by atoms with Gasteiger partial charge in [-0.15, -0.1) is 0 Å². The van der Waals surface area contributed by atoms with Gasteiger partial charge in [0.2, 0.25) is 0 Å². The molecular weight excluding hydrogens is 232 g/mol. The molecule has 0 radical (unpaired) electrons. The fourth-order valence-corrected chi connectivity index (χ4v) is 1.30. The Labute approximate surface area is 107 Å². The van der Waals surface area contributed by atoms with E-state index < -0.39 is 6.03 Å². The highest BCUT2D eigenvalue weighted by molar-refractivity contribution is 5.72. The Kier molecular flexibility index (Phi) is 6.18. The third-order valence-electron chi connectivity index (χ3n) is 2.75. The first-order valence-corrected chi connectivity index (χ1v) is 5.96. The Balaban J connectivity index is 2.21. The zero-order valence-electron chi connectivity index (χ0n) is 10.7. The predicted molar refractivity (Wildman–Crippen MR) is 68.6 cm³/mol. The van der Waals surface area contributed by atoms with E-state index in [1.54, 1.807) is 0 Å². The standard InChI is InChI=1S/C13H20N2O3/c1-10(8-16)11(2)14-13(17)15-18-9-12-6-4-3-5-7-12/h3-7,10-11,16H,8-9H2,1-2H3,(H2,14,15,17). The molecule has 5 heteroatoms. The van der Waals surface area contributed by atoms with Gasteiger partial charge in [0.05, 0.1) is 6.61 Å². The van der Waals surface area contributed by atoms with Crippen LogP contribution in [0.5, 0.6) is 0 Å². The number of hydroxylamine groups is 1. The van der Waals surface area contributed by atoms with Crippen LogP contribution in [-0.4, -0.2) is 23.8 Å². The van der Waals surface area contributed by atoms with Gasteiger partial charge in [0, 0.05) is 12.6 Å². The average molecular weight is 252 g/mol. The highest BCUT2D eigenvalue weighted by atomic mass is 16.7. The van der Waals surface area contributed by atoms with E-state index in [-0.39, 0.29) is 18.6 Å². The molecule has 0 heterocycles. The Bertz CT molecular complexity index is 357. The van der Waals surface area contributed by atoms with E-state index in [0.717, 1.165) is 5.56 Å². The molecule has 18 heavy (non-hydrogen) atoms. The minimum Gasteiger partial charge on any atom is -0.396 e. The minimum absolute atomic E-state index is 0.00451. The highest BCUT2D eigenvalue weighted by Gasteiger charge is 2.13. The van der Waals surface area contributed by atoms with Crippen LogP contribution in [0.2, 0.25) is 0 Å². The zero-order chi connectivity index (χ0) is 13.4. The van der Waals surface area contributed by atoms with E-state index in [4.69, 9.17) is 9.94 Å². The summed E-state index contributed by atoms with van der Waals surface area (Å²) in [4.78, 5) is 16.5. The van der Waals surface area contributed by atoms with Crippen molar-refractivity contribution in [3.05, 3.63) is 35.9 Å². The molecule has 2 atom stereocenters. The van der Waals surface area contributed by atoms with Gasteiger partial charge < -0.3 is 10.4 Å². The molecular formula is C13H20N2O3. The third kappa shape index (κ3) is 5.16. The number of amides is 2. The molecule has 0 saturated heterocycles. The molecule has 1 aromatic rings. The normalized spacial score (nSPS) is 13.7. The Morgan fingerprint density at radius 2 is 2.00 bits per heavy atom. The summed E-state index contributed by atoms with van der Waals surface area (Å²) >= 11 is 0. The highest BCUT2D eigenvalue weighted by Crippen LogP contribution is 2.01. The van der Waals surface area contributed by atoms with Gasteiger partial charge in [-0.3, -0.25) is 4.84 Å². The fraction of sp³-hybridized carbons (Fsp3) is 0.462. The number of benzene rings is 1. The van der Waals surface area contributed by atoms with E-state index in [1.165, 1.54) is 0 Å². The van der Waals surface area contributed by atoms with Gasteiger partial charge in [0.15, 0.2) is 0 Å². The number of urea groups is 1. The number of aliphatic hydroxyl groups excluding tert-OH is 1. The summed E-state index contributed by atoms with van der Waals surface area (Å²) in [6.07, 6.45) is 0. The van der Waals surface area contributed by atoms with Gasteiger partial charge in [-0.1, -0.05) is 37.3 Å². The van der Waals surface area contributed by atoms with Crippen LogP contribution in [0, 0.1) is 5.92 Å². The maximum atomic E-state index is 11.4. The van der Waals surface area contributed by atoms with Crippen LogP contribution in [0.4, 0.5) is 4.79 Å². The number of hydrogen-bond acceptors (Lipinski definition) is 3. The van der Waals surface area contributed by atoms with Crippen molar-refractivity contribution < 1.29 is 14.7 Å². The Morgan fingerprint density at radius 3 is 2.61 bits per heavy atom. The molecule has 0 aromatic heterocycles. The summed E-state index contributed by atoms with van der Waals surface area (Å²) in [6.45, 7) is 4.04. The van der Waals surface area contributed by atoms with Crippen molar-refractivity contribution in [2.75, 3.05) is 6.61 Å². The number of carbonyl (C=O) groups is 1. The SMILES string of the molecule is CC(CO)C(C)NC(=O)NOCc1ccccc1. The number of carbonyl (C=O) groups excluding carboxylic acids is 1. The van der Waals surface area contributed by atoms with Gasteiger partial charge in [0.25, 0.3) is 0 Å². The van der Waals surface area contributed by atoms with Gasteiger partial charge in [-0.25, -0.2) is 10.3 Å². The van der Waals surface area contributed by atoms with Crippen molar-refractivity contribution in [1.29, 1.82) is 0 Å². The molecule has 5 nitrogen and oxygen atoms in total. The van der Waals surface area contributed by atoms with Gasteiger partial charge in [-0.2, -0.15) is 0 Å². The smallest absolute Gasteiger partial charge is 0.338 e. The summed E-state index contributed by atoms with van der Waals surface area (Å²) in [5, 5.41) is 11.6. The van der Waals surface area contributed by atoms with Crippen LogP contribution in [-0.2, 0) is 11.4 Å². The summed E-state index contributed by atoms with van der Waals surface area (Å²) in [6, 6.07) is 9.04. The zero-order valence-corrected chi connectivity index (χ0v) is 10.7. The summed E-state index contributed by atoms with van der Waals surface area (Å²) in [5.74, 6) is 0.00451. The maximum absolute atomic E-state index is 11.4. The van der Waals surface area contributed by atoms with E-state index in [0.29, 0.717) is 6.61 Å². The lowest BCUT2D eigenvalue weighted by Crippen LogP contribution is -2.44. The number of nitrogens with one attached hydrogen (secondary N) is 2. The fourth-order valence-electron chi connectivity index (χ4n) is 1.30. The molecule has 100 valence electrons. The first kappa shape index (κ1) is 14.5. The van der Waals surface area contributed by atoms with Crippen molar-refractivity contribution in [2.24, 2.45) is 5.92 Å². The molecule has 2 unspecified atom stereocenters. The summed E-state index contributed by atoms with van der Waals surface area (Å²) in [7, 11) is 0. The second-order valence-corrected chi connectivity index (χ2v) is 4.30. The van der Waals surface area contributed by atoms with Gasteiger partial charge in [-0.05, 0) is 18.4 Å². The molecule has 0 bridgehead atoms. The lowest BCUT2D eigenvalue weighted by atomic mass is 10.1. The molecule has 0 aliphatic carbocycles. The molecule has 0 saturated carbocycles. The van der Waals surface area contributed by atoms with Gasteiger partial charge in [0.1, 0.15) is 0 Å². The van der Waals surface area contributed by atoms with Crippen LogP contribution in [0.25, 0.3) is 0 Å². The maximum Gasteiger partial charge on any atom is 0.338 e. The Hall–Kier alpha value is -1.59. The third-order valence-corrected chi connectivity index (χ3v) is 2.75. The lowest BCUT2D eigenvalue weighted by molar-refractivity contribution is 0.0472. The van der Waals surface area contributed by atoms with Crippen molar-refractivity contribution in [3.8, 4) is 0 Å². The Morgan fingerprint density at radius 1 is 1.33 bits per heavy atom. The van der Waals surface area contributed by atoms with Crippen LogP contribution in [0.3, 0.4) is 0 Å². The largest absolute Gasteiger partial charge is 0.396 e. The minimum atomic E-state index is -0.404. The van der Waals surface area contributed by atoms with E-state index in [2.05, 4.69) is 10.8 Å². The molecule has 3 N–H and O–H groups in total. The monoisotopic (exact) mass is 252 g/mol. The van der Waals surface area contributed by atoms with E-state index >= 15 is 0 Å². The van der Waals surface area contributed by atoms with Crippen molar-refractivity contribution in [2.45, 2.75) is 26.5 Å². The molecule has 0 aliphatic rings. The molecule has 0 aliphatic heterocycles. The van der Waals surface area contributed by atoms with Crippen LogP contribution < -0.4 is 10.8 Å². The second kappa shape index (κ2) is 7.68. The molecule has 0 fully saturated rings. The molecule has 1 aromatic carbocycles. The number of rotatable bonds is 6. The quantitative estimate of drug-likeness (QED) is 0.671.